The van der Waals surface area contributed by atoms with Crippen molar-refractivity contribution in [2.75, 3.05) is 0 Å². The van der Waals surface area contributed by atoms with E-state index in [2.05, 4.69) is 11.1 Å². The van der Waals surface area contributed by atoms with E-state index in [1.807, 2.05) is 24.3 Å². The van der Waals surface area contributed by atoms with Gasteiger partial charge in [0.2, 0.25) is 0 Å². The number of nitrogens with one attached hydrogen (secondary N) is 1. The highest BCUT2D eigenvalue weighted by Crippen LogP contribution is 2.35. The van der Waals surface area contributed by atoms with Crippen molar-refractivity contribution < 1.29 is 8.42 Å². The van der Waals surface area contributed by atoms with E-state index in [1.54, 1.807) is 19.1 Å². The molecule has 4 rings (SSSR count). The fourth-order valence-electron chi connectivity index (χ4n) is 3.80. The minimum atomic E-state index is -3.18. The predicted octanol–water partition coefficient (Wildman–Crippen LogP) is 4.24. The van der Waals surface area contributed by atoms with Crippen LogP contribution in [0.3, 0.4) is 0 Å². The summed E-state index contributed by atoms with van der Waals surface area (Å²) in [4.78, 5) is 15.5. The Morgan fingerprint density at radius 1 is 1.00 bits per heavy atom. The zero-order valence-electron chi connectivity index (χ0n) is 15.6. The average Bonchev–Trinajstić information content (AvgIpc) is 3.41. The molecule has 0 spiro atoms. The number of aromatic amines is 1. The number of hydrogen-bond donors (Lipinski definition) is 1. The van der Waals surface area contributed by atoms with E-state index in [1.165, 1.54) is 12.8 Å². The molecule has 0 aliphatic heterocycles. The Kier molecular flexibility index (Phi) is 4.81. The van der Waals surface area contributed by atoms with Crippen LogP contribution in [0.25, 0.3) is 5.57 Å². The summed E-state index contributed by atoms with van der Waals surface area (Å²) in [5.41, 5.74) is 3.31. The molecule has 2 fully saturated rings. The van der Waals surface area contributed by atoms with Crippen molar-refractivity contribution >= 4 is 15.4 Å². The molecular formula is C22H25NO3S. The fourth-order valence-corrected chi connectivity index (χ4v) is 5.46. The first-order valence-corrected chi connectivity index (χ1v) is 11.3. The fraction of sp³-hybridized carbons (Fsp3) is 0.409. The molecule has 4 nitrogen and oxygen atoms in total. The van der Waals surface area contributed by atoms with Gasteiger partial charge in [-0.15, -0.1) is 0 Å². The smallest absolute Gasteiger partial charge is 0.251 e. The van der Waals surface area contributed by atoms with Gasteiger partial charge in [-0.2, -0.15) is 0 Å². The van der Waals surface area contributed by atoms with Crippen LogP contribution in [0.2, 0.25) is 0 Å². The molecule has 2 saturated carbocycles. The summed E-state index contributed by atoms with van der Waals surface area (Å²) in [5.74, 6) is 0.500. The Morgan fingerprint density at radius 3 is 2.26 bits per heavy atom. The van der Waals surface area contributed by atoms with Crippen LogP contribution >= 0.6 is 0 Å². The lowest BCUT2D eigenvalue weighted by Gasteiger charge is -2.13. The summed E-state index contributed by atoms with van der Waals surface area (Å²) in [6.45, 7) is 1.79. The van der Waals surface area contributed by atoms with E-state index in [9.17, 15) is 13.2 Å². The largest absolute Gasteiger partial charge is 0.322 e. The van der Waals surface area contributed by atoms with Crippen molar-refractivity contribution in [2.45, 2.75) is 55.6 Å². The topological polar surface area (TPSA) is 67.0 Å². The van der Waals surface area contributed by atoms with Crippen molar-refractivity contribution in [1.29, 1.82) is 0 Å². The van der Waals surface area contributed by atoms with Gasteiger partial charge < -0.3 is 4.98 Å². The molecule has 142 valence electrons. The minimum absolute atomic E-state index is 0.0854. The van der Waals surface area contributed by atoms with Crippen molar-refractivity contribution in [3.8, 4) is 0 Å². The number of H-pyrrole nitrogens is 1. The zero-order chi connectivity index (χ0) is 19.0. The third kappa shape index (κ3) is 3.79. The Bertz CT molecular complexity index is 1020. The van der Waals surface area contributed by atoms with Gasteiger partial charge in [0.25, 0.3) is 5.56 Å². The number of sulfone groups is 1. The Balaban J connectivity index is 1.74. The van der Waals surface area contributed by atoms with E-state index >= 15 is 0 Å². The maximum absolute atomic E-state index is 12.4. The van der Waals surface area contributed by atoms with Gasteiger partial charge in [0, 0.05) is 16.8 Å². The van der Waals surface area contributed by atoms with E-state index in [4.69, 9.17) is 0 Å². The number of aromatic nitrogens is 1. The van der Waals surface area contributed by atoms with Crippen LogP contribution in [0.15, 0.2) is 52.2 Å². The Hall–Kier alpha value is -2.14. The lowest BCUT2D eigenvalue weighted by atomic mass is 9.96. The number of allylic oxidation sites excluding steroid dienone is 1. The molecule has 5 heteroatoms. The number of hydrogen-bond acceptors (Lipinski definition) is 3. The van der Waals surface area contributed by atoms with Crippen LogP contribution in [0, 0.1) is 12.8 Å². The van der Waals surface area contributed by atoms with Crippen molar-refractivity contribution in [1.82, 2.24) is 4.98 Å². The summed E-state index contributed by atoms with van der Waals surface area (Å²) in [6, 6.07) is 10.9. The number of benzene rings is 1. The highest BCUT2D eigenvalue weighted by Gasteiger charge is 2.36. The highest BCUT2D eigenvalue weighted by molar-refractivity contribution is 7.92. The van der Waals surface area contributed by atoms with Gasteiger partial charge in [0.1, 0.15) is 0 Å². The molecule has 2 aliphatic rings. The normalized spacial score (nSPS) is 18.8. The van der Waals surface area contributed by atoms with Gasteiger partial charge in [-0.05, 0) is 62.3 Å². The van der Waals surface area contributed by atoms with E-state index in [-0.39, 0.29) is 10.8 Å². The molecule has 0 radical (unpaired) electrons. The Morgan fingerprint density at radius 2 is 1.67 bits per heavy atom. The Labute approximate surface area is 160 Å². The lowest BCUT2D eigenvalue weighted by Crippen LogP contribution is -2.12. The SMILES string of the molecule is Cc1ccc(/C(=C\C2CCCC2)c2ccc(S(=O)(=O)C3CC3)cc2)[nH]c1=O. The quantitative estimate of drug-likeness (QED) is 0.840. The van der Waals surface area contributed by atoms with E-state index in [0.29, 0.717) is 16.4 Å². The van der Waals surface area contributed by atoms with Gasteiger partial charge in [-0.25, -0.2) is 8.42 Å². The molecule has 27 heavy (non-hydrogen) atoms. The van der Waals surface area contributed by atoms with Crippen molar-refractivity contribution in [3.63, 3.8) is 0 Å². The highest BCUT2D eigenvalue weighted by atomic mass is 32.2. The summed E-state index contributed by atoms with van der Waals surface area (Å²) < 4.78 is 24.9. The molecule has 1 aromatic carbocycles. The first-order chi connectivity index (χ1) is 12.9. The number of pyridine rings is 1. The third-order valence-electron chi connectivity index (χ3n) is 5.66. The van der Waals surface area contributed by atoms with Crippen LogP contribution in [0.1, 0.15) is 55.3 Å². The molecule has 1 aromatic heterocycles. The van der Waals surface area contributed by atoms with Crippen LogP contribution in [-0.4, -0.2) is 18.7 Å². The number of aryl methyl sites for hydroxylation is 1. The zero-order valence-corrected chi connectivity index (χ0v) is 16.4. The molecular weight excluding hydrogens is 358 g/mol. The van der Waals surface area contributed by atoms with E-state index in [0.717, 1.165) is 42.5 Å². The standard InChI is InChI=1S/C22H25NO3S/c1-15-6-13-21(23-22(15)24)20(14-16-4-2-3-5-16)17-7-9-18(10-8-17)27(25,26)19-11-12-19/h6-10,13-14,16,19H,2-5,11-12H2,1H3,(H,23,24)/b20-14-. The lowest BCUT2D eigenvalue weighted by molar-refractivity contribution is 0.595. The second-order valence-corrected chi connectivity index (χ2v) is 10.0. The molecule has 0 unspecified atom stereocenters. The third-order valence-corrected chi connectivity index (χ3v) is 7.93. The molecule has 0 bridgehead atoms. The maximum Gasteiger partial charge on any atom is 0.251 e. The molecule has 2 aliphatic carbocycles. The van der Waals surface area contributed by atoms with Crippen LogP contribution in [0.5, 0.6) is 0 Å². The average molecular weight is 384 g/mol. The summed E-state index contributed by atoms with van der Waals surface area (Å²) >= 11 is 0. The van der Waals surface area contributed by atoms with Gasteiger partial charge in [-0.1, -0.05) is 37.1 Å². The van der Waals surface area contributed by atoms with Crippen LogP contribution in [0.4, 0.5) is 0 Å². The van der Waals surface area contributed by atoms with Crippen molar-refractivity contribution in [3.05, 3.63) is 69.6 Å². The van der Waals surface area contributed by atoms with Gasteiger partial charge >= 0.3 is 0 Å². The molecule has 1 N–H and O–H groups in total. The van der Waals surface area contributed by atoms with Gasteiger partial charge in [0.15, 0.2) is 9.84 Å². The molecule has 0 amide bonds. The molecule has 0 saturated heterocycles. The number of rotatable bonds is 5. The predicted molar refractivity (Wildman–Crippen MR) is 107 cm³/mol. The molecule has 1 heterocycles. The molecule has 0 atom stereocenters. The second-order valence-electron chi connectivity index (χ2n) is 7.78. The maximum atomic E-state index is 12.4. The second kappa shape index (κ2) is 7.12. The molecule has 2 aromatic rings. The summed E-state index contributed by atoms with van der Waals surface area (Å²) in [6.07, 6.45) is 8.57. The van der Waals surface area contributed by atoms with Gasteiger partial charge in [-0.3, -0.25) is 4.79 Å². The van der Waals surface area contributed by atoms with Gasteiger partial charge in [0.05, 0.1) is 10.1 Å². The first kappa shape index (κ1) is 18.2. The van der Waals surface area contributed by atoms with Crippen molar-refractivity contribution in [2.24, 2.45) is 5.92 Å². The first-order valence-electron chi connectivity index (χ1n) is 9.71. The monoisotopic (exact) mass is 383 g/mol. The minimum Gasteiger partial charge on any atom is -0.322 e. The summed E-state index contributed by atoms with van der Waals surface area (Å²) in [5, 5.41) is -0.203. The van der Waals surface area contributed by atoms with E-state index < -0.39 is 9.84 Å². The van der Waals surface area contributed by atoms with Crippen LogP contribution < -0.4 is 5.56 Å². The van der Waals surface area contributed by atoms with Crippen LogP contribution in [-0.2, 0) is 9.84 Å². The summed E-state index contributed by atoms with van der Waals surface area (Å²) in [7, 11) is -3.18.